The van der Waals surface area contributed by atoms with E-state index in [1.54, 1.807) is 7.05 Å². The highest BCUT2D eigenvalue weighted by atomic mass is 16.2. The number of nitrogens with one attached hydrogen (secondary N) is 3. The average Bonchev–Trinajstić information content (AvgIpc) is 3.00. The normalized spacial score (nSPS) is 14.7. The van der Waals surface area contributed by atoms with Gasteiger partial charge in [0.1, 0.15) is 0 Å². The van der Waals surface area contributed by atoms with E-state index >= 15 is 0 Å². The summed E-state index contributed by atoms with van der Waals surface area (Å²) in [6.45, 7) is 1.02. The predicted octanol–water partition coefficient (Wildman–Crippen LogP) is -0.619. The Morgan fingerprint density at radius 1 is 1.27 bits per heavy atom. The van der Waals surface area contributed by atoms with Crippen LogP contribution >= 0.6 is 0 Å². The first-order chi connectivity index (χ1) is 7.22. The molecular formula is C10H19N3O2. The highest BCUT2D eigenvalue weighted by Crippen LogP contribution is 2.18. The molecule has 0 unspecified atom stereocenters. The van der Waals surface area contributed by atoms with Crippen molar-refractivity contribution in [2.75, 3.05) is 20.1 Å². The zero-order chi connectivity index (χ0) is 11.1. The van der Waals surface area contributed by atoms with Gasteiger partial charge in [-0.2, -0.15) is 0 Å². The molecule has 1 saturated carbocycles. The number of amides is 2. The third kappa shape index (κ3) is 6.06. The first-order valence-corrected chi connectivity index (χ1v) is 5.43. The Morgan fingerprint density at radius 2 is 2.00 bits per heavy atom. The van der Waals surface area contributed by atoms with Gasteiger partial charge in [-0.15, -0.1) is 0 Å². The van der Waals surface area contributed by atoms with Crippen molar-refractivity contribution in [3.05, 3.63) is 0 Å². The van der Waals surface area contributed by atoms with E-state index in [1.807, 2.05) is 0 Å². The van der Waals surface area contributed by atoms with Crippen LogP contribution in [0.4, 0.5) is 0 Å². The van der Waals surface area contributed by atoms with Crippen LogP contribution in [0.2, 0.25) is 0 Å². The lowest BCUT2D eigenvalue weighted by Gasteiger charge is -2.04. The monoisotopic (exact) mass is 213 g/mol. The maximum atomic E-state index is 11.2. The smallest absolute Gasteiger partial charge is 0.233 e. The van der Waals surface area contributed by atoms with Crippen molar-refractivity contribution < 1.29 is 9.59 Å². The molecule has 1 fully saturated rings. The van der Waals surface area contributed by atoms with Crippen LogP contribution in [0, 0.1) is 0 Å². The minimum atomic E-state index is -0.0302. The van der Waals surface area contributed by atoms with Crippen molar-refractivity contribution in [3.63, 3.8) is 0 Å². The Hall–Kier alpha value is -1.10. The van der Waals surface area contributed by atoms with Gasteiger partial charge in [0.2, 0.25) is 11.8 Å². The van der Waals surface area contributed by atoms with Crippen LogP contribution in [-0.4, -0.2) is 38.0 Å². The fourth-order valence-electron chi connectivity index (χ4n) is 1.19. The first kappa shape index (κ1) is 12.0. The van der Waals surface area contributed by atoms with E-state index in [-0.39, 0.29) is 11.8 Å². The molecule has 0 aliphatic heterocycles. The Morgan fingerprint density at radius 3 is 2.60 bits per heavy atom. The number of hydrogen-bond donors (Lipinski definition) is 3. The summed E-state index contributed by atoms with van der Waals surface area (Å²) >= 11 is 0. The van der Waals surface area contributed by atoms with Gasteiger partial charge < -0.3 is 16.0 Å². The molecule has 15 heavy (non-hydrogen) atoms. The van der Waals surface area contributed by atoms with E-state index in [1.165, 1.54) is 0 Å². The van der Waals surface area contributed by atoms with Crippen molar-refractivity contribution in [3.8, 4) is 0 Å². The van der Waals surface area contributed by atoms with Gasteiger partial charge in [0.25, 0.3) is 0 Å². The van der Waals surface area contributed by atoms with Gasteiger partial charge in [-0.25, -0.2) is 0 Å². The van der Waals surface area contributed by atoms with Gasteiger partial charge in [-0.1, -0.05) is 0 Å². The van der Waals surface area contributed by atoms with Gasteiger partial charge in [0, 0.05) is 19.5 Å². The summed E-state index contributed by atoms with van der Waals surface area (Å²) in [5, 5.41) is 8.41. The Bertz CT molecular complexity index is 227. The summed E-state index contributed by atoms with van der Waals surface area (Å²) in [5.74, 6) is 0.0941. The number of hydrogen-bond acceptors (Lipinski definition) is 3. The molecule has 0 aromatic heterocycles. The maximum Gasteiger partial charge on any atom is 0.233 e. The molecule has 3 N–H and O–H groups in total. The van der Waals surface area contributed by atoms with E-state index in [2.05, 4.69) is 16.0 Å². The van der Waals surface area contributed by atoms with Crippen molar-refractivity contribution in [1.29, 1.82) is 0 Å². The molecule has 5 heteroatoms. The highest BCUT2D eigenvalue weighted by Gasteiger charge is 2.22. The van der Waals surface area contributed by atoms with Crippen molar-refractivity contribution in [2.45, 2.75) is 31.7 Å². The molecule has 1 rings (SSSR count). The third-order valence-electron chi connectivity index (χ3n) is 2.26. The summed E-state index contributed by atoms with van der Waals surface area (Å²) in [7, 11) is 1.60. The molecule has 0 radical (unpaired) electrons. The number of carbonyl (C=O) groups excluding carboxylic acids is 2. The third-order valence-corrected chi connectivity index (χ3v) is 2.26. The van der Waals surface area contributed by atoms with Gasteiger partial charge in [0.05, 0.1) is 6.54 Å². The Labute approximate surface area is 90.0 Å². The summed E-state index contributed by atoms with van der Waals surface area (Å²) in [5.41, 5.74) is 0. The second kappa shape index (κ2) is 6.40. The molecule has 0 aromatic rings. The van der Waals surface area contributed by atoms with E-state index in [4.69, 9.17) is 0 Å². The standard InChI is InChI=1S/C10H19N3O2/c1-11-10(15)7-12-6-2-3-9(14)13-8-4-5-8/h8,12H,2-7H2,1H3,(H,11,15)(H,13,14). The lowest BCUT2D eigenvalue weighted by atomic mass is 10.3. The fraction of sp³-hybridized carbons (Fsp3) is 0.800. The molecule has 0 spiro atoms. The van der Waals surface area contributed by atoms with E-state index in [0.29, 0.717) is 25.6 Å². The van der Waals surface area contributed by atoms with Crippen LogP contribution in [0.5, 0.6) is 0 Å². The zero-order valence-corrected chi connectivity index (χ0v) is 9.14. The molecule has 1 aliphatic rings. The average molecular weight is 213 g/mol. The predicted molar refractivity (Wildman–Crippen MR) is 57.3 cm³/mol. The first-order valence-electron chi connectivity index (χ1n) is 5.43. The van der Waals surface area contributed by atoms with Gasteiger partial charge >= 0.3 is 0 Å². The van der Waals surface area contributed by atoms with E-state index in [9.17, 15) is 9.59 Å². The van der Waals surface area contributed by atoms with Gasteiger partial charge in [0.15, 0.2) is 0 Å². The molecular weight excluding hydrogens is 194 g/mol. The topological polar surface area (TPSA) is 70.2 Å². The van der Waals surface area contributed by atoms with Crippen LogP contribution < -0.4 is 16.0 Å². The number of likely N-dealkylation sites (N-methyl/N-ethyl adjacent to an activating group) is 1. The minimum absolute atomic E-state index is 0.0302. The van der Waals surface area contributed by atoms with Crippen molar-refractivity contribution >= 4 is 11.8 Å². The molecule has 0 heterocycles. The summed E-state index contributed by atoms with van der Waals surface area (Å²) < 4.78 is 0. The fourth-order valence-corrected chi connectivity index (χ4v) is 1.19. The van der Waals surface area contributed by atoms with Crippen LogP contribution in [-0.2, 0) is 9.59 Å². The lowest BCUT2D eigenvalue weighted by molar-refractivity contribution is -0.121. The van der Waals surface area contributed by atoms with Gasteiger partial charge in [-0.3, -0.25) is 9.59 Å². The summed E-state index contributed by atoms with van der Waals surface area (Å²) in [6, 6.07) is 0.441. The SMILES string of the molecule is CNC(=O)CNCCCC(=O)NC1CC1. The van der Waals surface area contributed by atoms with E-state index < -0.39 is 0 Å². The van der Waals surface area contributed by atoms with Crippen LogP contribution in [0.15, 0.2) is 0 Å². The Kier molecular flexibility index (Phi) is 5.10. The highest BCUT2D eigenvalue weighted by molar-refractivity contribution is 5.77. The molecule has 0 atom stereocenters. The molecule has 0 saturated heterocycles. The summed E-state index contributed by atoms with van der Waals surface area (Å²) in [6.07, 6.45) is 3.56. The lowest BCUT2D eigenvalue weighted by Crippen LogP contribution is -2.32. The molecule has 5 nitrogen and oxygen atoms in total. The largest absolute Gasteiger partial charge is 0.358 e. The molecule has 0 aromatic carbocycles. The van der Waals surface area contributed by atoms with Crippen LogP contribution in [0.25, 0.3) is 0 Å². The van der Waals surface area contributed by atoms with E-state index in [0.717, 1.165) is 19.3 Å². The quantitative estimate of drug-likeness (QED) is 0.494. The minimum Gasteiger partial charge on any atom is -0.358 e. The number of rotatable bonds is 7. The maximum absolute atomic E-state index is 11.2. The number of carbonyl (C=O) groups is 2. The zero-order valence-electron chi connectivity index (χ0n) is 9.14. The molecule has 1 aliphatic carbocycles. The molecule has 86 valence electrons. The van der Waals surface area contributed by atoms with Crippen LogP contribution in [0.1, 0.15) is 25.7 Å². The molecule has 0 bridgehead atoms. The summed E-state index contributed by atoms with van der Waals surface area (Å²) in [4.78, 5) is 22.0. The van der Waals surface area contributed by atoms with Crippen LogP contribution in [0.3, 0.4) is 0 Å². The van der Waals surface area contributed by atoms with Crippen molar-refractivity contribution in [1.82, 2.24) is 16.0 Å². The Balaban J connectivity index is 1.87. The van der Waals surface area contributed by atoms with Crippen molar-refractivity contribution in [2.24, 2.45) is 0 Å². The second-order valence-electron chi connectivity index (χ2n) is 3.80. The van der Waals surface area contributed by atoms with Gasteiger partial charge in [-0.05, 0) is 25.8 Å². The molecule has 2 amide bonds. The second-order valence-corrected chi connectivity index (χ2v) is 3.80.